The number of halogens is 6. The van der Waals surface area contributed by atoms with Crippen molar-refractivity contribution in [3.8, 4) is 29.2 Å². The van der Waals surface area contributed by atoms with E-state index in [1.165, 1.54) is 24.3 Å². The zero-order valence-electron chi connectivity index (χ0n) is 24.1. The van der Waals surface area contributed by atoms with Crippen molar-refractivity contribution >= 4 is 43.1 Å². The molecule has 7 aromatic rings. The van der Waals surface area contributed by atoms with Crippen LogP contribution in [0, 0.1) is 18.0 Å². The van der Waals surface area contributed by atoms with Crippen LogP contribution in [-0.2, 0) is 12.4 Å². The molecule has 234 valence electrons. The molecule has 0 spiro atoms. The smallest absolute Gasteiger partial charge is 0.416 e. The van der Waals surface area contributed by atoms with Gasteiger partial charge in [-0.2, -0.15) is 43.2 Å². The van der Waals surface area contributed by atoms with Gasteiger partial charge in [0.15, 0.2) is 5.36 Å². The number of alkyl halides is 6. The molecule has 0 saturated heterocycles. The molecule has 0 saturated carbocycles. The highest BCUT2D eigenvalue weighted by atomic mass is 19.4. The summed E-state index contributed by atoms with van der Waals surface area (Å²) in [5.74, 6) is 1.02. The van der Waals surface area contributed by atoms with Crippen molar-refractivity contribution in [3.05, 3.63) is 130 Å². The van der Waals surface area contributed by atoms with E-state index in [2.05, 4.69) is 15.0 Å². The lowest BCUT2D eigenvalue weighted by molar-refractivity contribution is -0.138. The molecule has 0 heterocycles. The molecule has 0 aliphatic heterocycles. The van der Waals surface area contributed by atoms with E-state index in [0.717, 1.165) is 24.3 Å². The number of benzene rings is 5. The Balaban J connectivity index is 1.34. The highest BCUT2D eigenvalue weighted by Crippen LogP contribution is 2.37. The van der Waals surface area contributed by atoms with E-state index in [4.69, 9.17) is 16.0 Å². The number of hydrogen-bond acceptors (Lipinski definition) is 5. The normalized spacial score (nSPS) is 13.0. The van der Waals surface area contributed by atoms with Gasteiger partial charge in [0.05, 0.1) is 21.6 Å². The second kappa shape index (κ2) is 11.1. The molecule has 0 radical (unpaired) electrons. The maximum Gasteiger partial charge on any atom is 0.416 e. The van der Waals surface area contributed by atoms with Gasteiger partial charge in [-0.3, -0.25) is 0 Å². The quantitative estimate of drug-likeness (QED) is 0.0824. The molecule has 0 unspecified atom stereocenters. The maximum absolute atomic E-state index is 13.0. The Hall–Kier alpha value is -6.40. The molecular formula is C36H16F6N4O2. The van der Waals surface area contributed by atoms with Crippen LogP contribution in [0.2, 0.25) is 0 Å². The first-order valence-corrected chi connectivity index (χ1v) is 14.0. The monoisotopic (exact) mass is 650 g/mol. The fourth-order valence-electron chi connectivity index (χ4n) is 5.79. The third kappa shape index (κ3) is 5.29. The molecule has 7 aromatic carbocycles. The lowest BCUT2D eigenvalue weighted by Gasteiger charge is -2.09. The summed E-state index contributed by atoms with van der Waals surface area (Å²) in [6, 6.07) is 22.4. The van der Waals surface area contributed by atoms with Gasteiger partial charge < -0.3 is 9.47 Å². The van der Waals surface area contributed by atoms with Crippen LogP contribution in [0.15, 0.2) is 107 Å². The van der Waals surface area contributed by atoms with Gasteiger partial charge in [-0.25, -0.2) is 0 Å². The van der Waals surface area contributed by atoms with Crippen LogP contribution in [0.4, 0.5) is 26.3 Å². The Labute approximate surface area is 266 Å². The minimum absolute atomic E-state index is 0.189. The molecular weight excluding hydrogens is 634 g/mol. The van der Waals surface area contributed by atoms with Crippen molar-refractivity contribution in [1.82, 2.24) is 0 Å². The first-order chi connectivity index (χ1) is 22.9. The van der Waals surface area contributed by atoms with Gasteiger partial charge in [0.25, 0.3) is 0 Å². The van der Waals surface area contributed by atoms with E-state index in [1.54, 1.807) is 36.4 Å². The van der Waals surface area contributed by atoms with Crippen LogP contribution in [0.5, 0.6) is 23.0 Å². The van der Waals surface area contributed by atoms with Crippen LogP contribution in [0.25, 0.3) is 48.0 Å². The average Bonchev–Trinajstić information content (AvgIpc) is 3.51. The maximum atomic E-state index is 13.0. The molecule has 0 aromatic heterocycles. The predicted octanol–water partition coefficient (Wildman–Crippen LogP) is 9.91. The summed E-state index contributed by atoms with van der Waals surface area (Å²) in [5, 5.41) is 19.6. The summed E-state index contributed by atoms with van der Waals surface area (Å²) in [6.45, 7) is 7.46. The Kier molecular flexibility index (Phi) is 7.02. The second-order valence-electron chi connectivity index (χ2n) is 10.7. The number of ether oxygens (including phenoxy) is 2. The fourth-order valence-corrected chi connectivity index (χ4v) is 5.79. The fraction of sp³-hybridized carbons (Fsp3) is 0.0556. The molecule has 0 atom stereocenters. The molecule has 0 aliphatic carbocycles. The highest BCUT2D eigenvalue weighted by molar-refractivity contribution is 6.21. The largest absolute Gasteiger partial charge is 0.457 e. The van der Waals surface area contributed by atoms with E-state index in [0.29, 0.717) is 65.3 Å². The molecule has 0 bridgehead atoms. The van der Waals surface area contributed by atoms with Crippen molar-refractivity contribution in [2.24, 2.45) is 10.1 Å². The first-order valence-electron chi connectivity index (χ1n) is 14.0. The number of hydrogen-bond donors (Lipinski definition) is 0. The van der Waals surface area contributed by atoms with Crippen molar-refractivity contribution in [2.45, 2.75) is 12.4 Å². The van der Waals surface area contributed by atoms with Crippen LogP contribution >= 0.6 is 0 Å². The van der Waals surface area contributed by atoms with Crippen LogP contribution in [0.3, 0.4) is 0 Å². The van der Waals surface area contributed by atoms with Gasteiger partial charge >= 0.3 is 12.4 Å². The Morgan fingerprint density at radius 1 is 0.521 bits per heavy atom. The topological polar surface area (TPSA) is 71.3 Å². The summed E-state index contributed by atoms with van der Waals surface area (Å²) >= 11 is 0. The van der Waals surface area contributed by atoms with Gasteiger partial charge in [0, 0.05) is 21.5 Å². The molecule has 0 N–H and O–H groups in total. The van der Waals surface area contributed by atoms with Crippen molar-refractivity contribution in [2.75, 3.05) is 0 Å². The van der Waals surface area contributed by atoms with E-state index >= 15 is 0 Å². The zero-order chi connectivity index (χ0) is 33.8. The van der Waals surface area contributed by atoms with Crippen molar-refractivity contribution < 1.29 is 35.8 Å². The molecule has 0 amide bonds. The standard InChI is InChI=1S/C36H16F6N4O2/c1-44-46-34-30-15-24(48-22-8-4-20(5-9-22)36(40,41)42)11-13-26(30)28-16-31-27(17-32(28)34)25-12-10-23(14-29(25)33(31)45-18-43)47-21-6-2-19(3-7-21)35(37,38)39/h2-17H/b45-33?,46-34+. The van der Waals surface area contributed by atoms with E-state index in [1.807, 2.05) is 18.3 Å². The SMILES string of the molecule is [C-]#[N+]/N=c1\c2cc(Oc3ccc(C(F)(F)F)cc3)ccc2c2cc3c(=NC#N)c4cc(Oc5ccc(C(F)(F)F)cc5)ccc4c3cc12. The summed E-state index contributed by atoms with van der Waals surface area (Å²) in [7, 11) is 0. The molecule has 48 heavy (non-hydrogen) atoms. The second-order valence-corrected chi connectivity index (χ2v) is 10.7. The lowest BCUT2D eigenvalue weighted by atomic mass is 10.1. The number of fused-ring (bicyclic) bond motifs is 6. The van der Waals surface area contributed by atoms with Gasteiger partial charge in [-0.1, -0.05) is 0 Å². The van der Waals surface area contributed by atoms with Gasteiger partial charge in [-0.15, -0.1) is 4.95 Å². The van der Waals surface area contributed by atoms with Gasteiger partial charge in [0.2, 0.25) is 6.19 Å². The molecule has 0 fully saturated rings. The predicted molar refractivity (Wildman–Crippen MR) is 165 cm³/mol. The summed E-state index contributed by atoms with van der Waals surface area (Å²) < 4.78 is 89.5. The third-order valence-electron chi connectivity index (χ3n) is 7.89. The van der Waals surface area contributed by atoms with E-state index in [-0.39, 0.29) is 11.5 Å². The van der Waals surface area contributed by atoms with Crippen molar-refractivity contribution in [3.63, 3.8) is 0 Å². The highest BCUT2D eigenvalue weighted by Gasteiger charge is 2.31. The van der Waals surface area contributed by atoms with Crippen LogP contribution in [-0.4, -0.2) is 0 Å². The summed E-state index contributed by atoms with van der Waals surface area (Å²) in [4.78, 5) is 7.34. The van der Waals surface area contributed by atoms with Crippen LogP contribution < -0.4 is 20.2 Å². The van der Waals surface area contributed by atoms with Crippen LogP contribution in [0.1, 0.15) is 11.1 Å². The average molecular weight is 651 g/mol. The zero-order valence-corrected chi connectivity index (χ0v) is 24.1. The minimum Gasteiger partial charge on any atom is -0.457 e. The van der Waals surface area contributed by atoms with Gasteiger partial charge in [0.1, 0.15) is 23.0 Å². The minimum atomic E-state index is -4.48. The Morgan fingerprint density at radius 2 is 0.917 bits per heavy atom. The Morgan fingerprint density at radius 3 is 1.33 bits per heavy atom. The molecule has 7 rings (SSSR count). The first kappa shape index (κ1) is 30.3. The lowest BCUT2D eigenvalue weighted by Crippen LogP contribution is -2.04. The van der Waals surface area contributed by atoms with Crippen molar-refractivity contribution in [1.29, 1.82) is 5.26 Å². The van der Waals surface area contributed by atoms with E-state index in [9.17, 15) is 31.6 Å². The Bertz CT molecular complexity index is 2420. The molecule has 6 nitrogen and oxygen atoms in total. The number of nitriles is 1. The molecule has 12 heteroatoms. The molecule has 0 aliphatic rings. The summed E-state index contributed by atoms with van der Waals surface area (Å²) in [5.41, 5.74) is -1.61. The number of nitrogens with zero attached hydrogens (tertiary/aromatic N) is 4. The van der Waals surface area contributed by atoms with Gasteiger partial charge in [-0.05, 0) is 119 Å². The third-order valence-corrected chi connectivity index (χ3v) is 7.89. The van der Waals surface area contributed by atoms with E-state index < -0.39 is 23.5 Å². The summed E-state index contributed by atoms with van der Waals surface area (Å²) in [6.07, 6.45) is -7.12. The number of rotatable bonds is 4.